The Morgan fingerprint density at radius 1 is 1.04 bits per heavy atom. The zero-order valence-electron chi connectivity index (χ0n) is 14.6. The monoisotopic (exact) mass is 333 g/mol. The van der Waals surface area contributed by atoms with E-state index in [0.717, 1.165) is 56.2 Å². The summed E-state index contributed by atoms with van der Waals surface area (Å²) in [5.74, 6) is 1.47. The molecule has 2 aliphatic rings. The van der Waals surface area contributed by atoms with Crippen LogP contribution in [0.25, 0.3) is 0 Å². The van der Waals surface area contributed by atoms with E-state index in [4.69, 9.17) is 9.47 Å². The second kappa shape index (κ2) is 7.64. The number of nitrogens with one attached hydrogen (secondary N) is 1. The molecule has 6 heteroatoms. The Balaban J connectivity index is 1.55. The van der Waals surface area contributed by atoms with E-state index in [1.54, 1.807) is 14.2 Å². The number of ether oxygens (including phenoxy) is 2. The molecule has 0 aromatic heterocycles. The number of hydrogen-bond donors (Lipinski definition) is 1. The van der Waals surface area contributed by atoms with Crippen LogP contribution in [-0.2, 0) is 0 Å². The molecule has 0 spiro atoms. The van der Waals surface area contributed by atoms with Crippen molar-refractivity contribution < 1.29 is 14.3 Å². The van der Waals surface area contributed by atoms with Gasteiger partial charge in [-0.1, -0.05) is 12.8 Å². The summed E-state index contributed by atoms with van der Waals surface area (Å²) in [6.07, 6.45) is 4.71. The fourth-order valence-corrected chi connectivity index (χ4v) is 3.53. The first-order chi connectivity index (χ1) is 11.7. The van der Waals surface area contributed by atoms with Crippen molar-refractivity contribution >= 4 is 11.7 Å². The first-order valence-corrected chi connectivity index (χ1v) is 8.73. The van der Waals surface area contributed by atoms with Crippen LogP contribution in [0.3, 0.4) is 0 Å². The number of carbonyl (C=O) groups is 1. The lowest BCUT2D eigenvalue weighted by Gasteiger charge is -2.36. The lowest BCUT2D eigenvalue weighted by molar-refractivity contribution is 0.190. The van der Waals surface area contributed by atoms with Gasteiger partial charge in [-0.3, -0.25) is 0 Å². The molecule has 1 saturated carbocycles. The van der Waals surface area contributed by atoms with Crippen molar-refractivity contribution in [3.05, 3.63) is 18.2 Å². The van der Waals surface area contributed by atoms with Crippen LogP contribution in [0, 0.1) is 0 Å². The molecule has 1 aliphatic carbocycles. The Labute approximate surface area is 143 Å². The van der Waals surface area contributed by atoms with Crippen LogP contribution in [0.5, 0.6) is 11.5 Å². The van der Waals surface area contributed by atoms with Gasteiger partial charge in [-0.25, -0.2) is 4.79 Å². The number of anilines is 1. The van der Waals surface area contributed by atoms with Crippen molar-refractivity contribution in [1.82, 2.24) is 10.2 Å². The molecular weight excluding hydrogens is 306 g/mol. The molecular formula is C18H27N3O3. The number of urea groups is 1. The number of methoxy groups -OCH3 is 2. The summed E-state index contributed by atoms with van der Waals surface area (Å²) in [4.78, 5) is 16.5. The zero-order valence-corrected chi connectivity index (χ0v) is 14.6. The lowest BCUT2D eigenvalue weighted by atomic mass is 10.2. The maximum Gasteiger partial charge on any atom is 0.317 e. The average molecular weight is 333 g/mol. The average Bonchev–Trinajstić information content (AvgIpc) is 3.14. The van der Waals surface area contributed by atoms with E-state index in [-0.39, 0.29) is 6.03 Å². The van der Waals surface area contributed by atoms with Gasteiger partial charge in [-0.05, 0) is 25.0 Å². The van der Waals surface area contributed by atoms with E-state index in [2.05, 4.69) is 10.2 Å². The first-order valence-electron chi connectivity index (χ1n) is 8.73. The van der Waals surface area contributed by atoms with Gasteiger partial charge in [0.1, 0.15) is 0 Å². The Morgan fingerprint density at radius 3 is 2.33 bits per heavy atom. The molecule has 1 aromatic rings. The molecule has 2 fully saturated rings. The van der Waals surface area contributed by atoms with Crippen molar-refractivity contribution in [3.63, 3.8) is 0 Å². The van der Waals surface area contributed by atoms with Crippen molar-refractivity contribution in [1.29, 1.82) is 0 Å². The Morgan fingerprint density at radius 2 is 1.71 bits per heavy atom. The number of hydrogen-bond acceptors (Lipinski definition) is 4. The van der Waals surface area contributed by atoms with Crippen molar-refractivity contribution in [2.75, 3.05) is 45.3 Å². The molecule has 0 atom stereocenters. The normalized spacial score (nSPS) is 18.6. The highest BCUT2D eigenvalue weighted by Gasteiger charge is 2.24. The van der Waals surface area contributed by atoms with Crippen LogP contribution in [-0.4, -0.2) is 57.4 Å². The maximum atomic E-state index is 12.3. The fraction of sp³-hybridized carbons (Fsp3) is 0.611. The topological polar surface area (TPSA) is 54.0 Å². The molecule has 1 saturated heterocycles. The Hall–Kier alpha value is -2.11. The minimum atomic E-state index is 0.0915. The van der Waals surface area contributed by atoms with Crippen molar-refractivity contribution in [3.8, 4) is 11.5 Å². The minimum Gasteiger partial charge on any atom is -0.493 e. The van der Waals surface area contributed by atoms with E-state index in [9.17, 15) is 4.79 Å². The first kappa shape index (κ1) is 16.7. The number of piperazine rings is 1. The summed E-state index contributed by atoms with van der Waals surface area (Å²) in [5, 5.41) is 3.17. The van der Waals surface area contributed by atoms with E-state index < -0.39 is 0 Å². The summed E-state index contributed by atoms with van der Waals surface area (Å²) >= 11 is 0. The lowest BCUT2D eigenvalue weighted by Crippen LogP contribution is -2.53. The van der Waals surface area contributed by atoms with E-state index in [1.807, 2.05) is 23.1 Å². The molecule has 1 aromatic carbocycles. The van der Waals surface area contributed by atoms with Gasteiger partial charge in [0.15, 0.2) is 11.5 Å². The van der Waals surface area contributed by atoms with Crippen LogP contribution >= 0.6 is 0 Å². The number of benzene rings is 1. The molecule has 1 N–H and O–H groups in total. The van der Waals surface area contributed by atoms with Gasteiger partial charge < -0.3 is 24.6 Å². The van der Waals surface area contributed by atoms with Crippen LogP contribution in [0.2, 0.25) is 0 Å². The van der Waals surface area contributed by atoms with Crippen LogP contribution in [0.4, 0.5) is 10.5 Å². The number of rotatable bonds is 4. The van der Waals surface area contributed by atoms with Gasteiger partial charge in [0.2, 0.25) is 0 Å². The third kappa shape index (κ3) is 3.68. The highest BCUT2D eigenvalue weighted by atomic mass is 16.5. The molecule has 0 radical (unpaired) electrons. The number of amides is 2. The Kier molecular flexibility index (Phi) is 5.33. The number of nitrogens with zero attached hydrogens (tertiary/aromatic N) is 2. The van der Waals surface area contributed by atoms with Gasteiger partial charge in [-0.15, -0.1) is 0 Å². The SMILES string of the molecule is COc1ccc(N2CCN(C(=O)NC3CCCC3)CC2)cc1OC. The van der Waals surface area contributed by atoms with E-state index >= 15 is 0 Å². The van der Waals surface area contributed by atoms with Gasteiger partial charge in [0.25, 0.3) is 0 Å². The molecule has 1 heterocycles. The molecule has 132 valence electrons. The predicted molar refractivity (Wildman–Crippen MR) is 94.1 cm³/mol. The third-order valence-electron chi connectivity index (χ3n) is 4.98. The van der Waals surface area contributed by atoms with Gasteiger partial charge >= 0.3 is 6.03 Å². The van der Waals surface area contributed by atoms with Crippen LogP contribution in [0.1, 0.15) is 25.7 Å². The second-order valence-corrected chi connectivity index (χ2v) is 6.44. The third-order valence-corrected chi connectivity index (χ3v) is 4.98. The van der Waals surface area contributed by atoms with Crippen molar-refractivity contribution in [2.45, 2.75) is 31.7 Å². The standard InChI is InChI=1S/C18H27N3O3/c1-23-16-8-7-15(13-17(16)24-2)20-9-11-21(12-10-20)18(22)19-14-5-3-4-6-14/h7-8,13-14H,3-6,9-12H2,1-2H3,(H,19,22). The highest BCUT2D eigenvalue weighted by molar-refractivity contribution is 5.75. The second-order valence-electron chi connectivity index (χ2n) is 6.44. The smallest absolute Gasteiger partial charge is 0.317 e. The van der Waals surface area contributed by atoms with Crippen LogP contribution < -0.4 is 19.7 Å². The quantitative estimate of drug-likeness (QED) is 0.920. The van der Waals surface area contributed by atoms with Gasteiger partial charge in [0, 0.05) is 44.0 Å². The summed E-state index contributed by atoms with van der Waals surface area (Å²) < 4.78 is 10.7. The number of carbonyl (C=O) groups excluding carboxylic acids is 1. The van der Waals surface area contributed by atoms with Gasteiger partial charge in [-0.2, -0.15) is 0 Å². The predicted octanol–water partition coefficient (Wildman–Crippen LogP) is 2.48. The molecule has 0 unspecified atom stereocenters. The molecule has 24 heavy (non-hydrogen) atoms. The highest BCUT2D eigenvalue weighted by Crippen LogP contribution is 2.31. The molecule has 2 amide bonds. The summed E-state index contributed by atoms with van der Waals surface area (Å²) in [6, 6.07) is 6.42. The maximum absolute atomic E-state index is 12.3. The minimum absolute atomic E-state index is 0.0915. The van der Waals surface area contributed by atoms with Crippen molar-refractivity contribution in [2.24, 2.45) is 0 Å². The van der Waals surface area contributed by atoms with E-state index in [1.165, 1.54) is 12.8 Å². The fourth-order valence-electron chi connectivity index (χ4n) is 3.53. The molecule has 3 rings (SSSR count). The summed E-state index contributed by atoms with van der Waals surface area (Å²) in [5.41, 5.74) is 1.10. The molecule has 1 aliphatic heterocycles. The zero-order chi connectivity index (χ0) is 16.9. The Bertz CT molecular complexity index is 565. The molecule has 6 nitrogen and oxygen atoms in total. The van der Waals surface area contributed by atoms with E-state index in [0.29, 0.717) is 6.04 Å². The summed E-state index contributed by atoms with van der Waals surface area (Å²) in [6.45, 7) is 3.14. The summed E-state index contributed by atoms with van der Waals surface area (Å²) in [7, 11) is 3.28. The molecule has 0 bridgehead atoms. The van der Waals surface area contributed by atoms with Crippen LogP contribution in [0.15, 0.2) is 18.2 Å². The van der Waals surface area contributed by atoms with Gasteiger partial charge in [0.05, 0.1) is 14.2 Å². The largest absolute Gasteiger partial charge is 0.493 e.